The van der Waals surface area contributed by atoms with Gasteiger partial charge in [0.1, 0.15) is 17.5 Å². The number of nitrogens with one attached hydrogen (secondary N) is 2. The van der Waals surface area contributed by atoms with E-state index in [0.29, 0.717) is 22.9 Å². The molecule has 0 bridgehead atoms. The minimum atomic E-state index is -0.448. The maximum absolute atomic E-state index is 14.7. The van der Waals surface area contributed by atoms with E-state index in [9.17, 15) is 8.78 Å². The molecule has 0 aliphatic rings. The molecule has 4 rings (SSSR count). The molecule has 0 spiro atoms. The lowest BCUT2D eigenvalue weighted by Gasteiger charge is -2.11. The van der Waals surface area contributed by atoms with Crippen LogP contribution in [0.3, 0.4) is 0 Å². The lowest BCUT2D eigenvalue weighted by Crippen LogP contribution is -2.18. The normalized spacial score (nSPS) is 13.0. The third-order valence-corrected chi connectivity index (χ3v) is 4.78. The number of aromatic nitrogens is 5. The zero-order valence-corrected chi connectivity index (χ0v) is 15.9. The Hall–Kier alpha value is -3.39. The quantitative estimate of drug-likeness (QED) is 0.466. The zero-order chi connectivity index (χ0) is 20.5. The smallest absolute Gasteiger partial charge is 0.164 e. The molecule has 29 heavy (non-hydrogen) atoms. The van der Waals surface area contributed by atoms with E-state index >= 15 is 0 Å². The molecule has 8 heteroatoms. The van der Waals surface area contributed by atoms with Gasteiger partial charge in [0.25, 0.3) is 0 Å². The molecule has 1 atom stereocenters. The molecule has 2 aromatic heterocycles. The first-order valence-corrected chi connectivity index (χ1v) is 9.22. The van der Waals surface area contributed by atoms with E-state index in [4.69, 9.17) is 5.73 Å². The molecule has 148 valence electrons. The Morgan fingerprint density at radius 1 is 1.03 bits per heavy atom. The van der Waals surface area contributed by atoms with Gasteiger partial charge in [0.15, 0.2) is 5.82 Å². The van der Waals surface area contributed by atoms with Gasteiger partial charge in [0.05, 0.1) is 22.8 Å². The molecule has 0 unspecified atom stereocenters. The predicted molar refractivity (Wildman–Crippen MR) is 109 cm³/mol. The summed E-state index contributed by atoms with van der Waals surface area (Å²) < 4.78 is 27.7. The van der Waals surface area contributed by atoms with E-state index in [-0.39, 0.29) is 23.3 Å². The van der Waals surface area contributed by atoms with Crippen LogP contribution in [0.2, 0.25) is 0 Å². The molecule has 6 nitrogen and oxygen atoms in total. The number of hydrogen-bond donors (Lipinski definition) is 3. The Kier molecular flexibility index (Phi) is 4.94. The number of hydrogen-bond acceptors (Lipinski definition) is 4. The van der Waals surface area contributed by atoms with Gasteiger partial charge in [-0.3, -0.25) is 5.10 Å². The molecule has 0 radical (unpaired) electrons. The van der Waals surface area contributed by atoms with Crippen molar-refractivity contribution in [1.29, 1.82) is 0 Å². The first-order chi connectivity index (χ1) is 13.9. The van der Waals surface area contributed by atoms with Crippen LogP contribution in [0.5, 0.6) is 0 Å². The summed E-state index contributed by atoms with van der Waals surface area (Å²) in [5.74, 6) is 0.246. The number of rotatable bonds is 5. The van der Waals surface area contributed by atoms with Crippen LogP contribution in [-0.2, 0) is 0 Å². The van der Waals surface area contributed by atoms with Crippen molar-refractivity contribution >= 4 is 23.1 Å². The fourth-order valence-electron chi connectivity index (χ4n) is 2.98. The van der Waals surface area contributed by atoms with Gasteiger partial charge in [-0.2, -0.15) is 5.10 Å². The minimum Gasteiger partial charge on any atom is -0.324 e. The summed E-state index contributed by atoms with van der Waals surface area (Å²) >= 11 is 0. The SMILES string of the molecule is CC(C)[C@H](N)c1nnc(-c2cc3c(C=Cc4ccc(F)cc4)n[nH]c3cc2F)[nH]1. The summed E-state index contributed by atoms with van der Waals surface area (Å²) in [7, 11) is 0. The molecule has 0 saturated heterocycles. The molecule has 4 N–H and O–H groups in total. The summed E-state index contributed by atoms with van der Waals surface area (Å²) in [6, 6.07) is 8.84. The molecular formula is C21H20F2N6. The van der Waals surface area contributed by atoms with Crippen LogP contribution in [0.15, 0.2) is 36.4 Å². The third-order valence-electron chi connectivity index (χ3n) is 4.78. The van der Waals surface area contributed by atoms with Crippen LogP contribution in [-0.4, -0.2) is 25.4 Å². The Bertz CT molecular complexity index is 1170. The second-order valence-corrected chi connectivity index (χ2v) is 7.20. The van der Waals surface area contributed by atoms with E-state index in [0.717, 1.165) is 10.9 Å². The Morgan fingerprint density at radius 2 is 1.79 bits per heavy atom. The Morgan fingerprint density at radius 3 is 2.52 bits per heavy atom. The fourth-order valence-corrected chi connectivity index (χ4v) is 2.98. The van der Waals surface area contributed by atoms with Crippen molar-refractivity contribution in [3.05, 3.63) is 65.1 Å². The lowest BCUT2D eigenvalue weighted by molar-refractivity contribution is 0.492. The topological polar surface area (TPSA) is 96.3 Å². The molecule has 0 aliphatic carbocycles. The van der Waals surface area contributed by atoms with Gasteiger partial charge in [-0.15, -0.1) is 10.2 Å². The van der Waals surface area contributed by atoms with Crippen molar-refractivity contribution in [2.24, 2.45) is 11.7 Å². The average Bonchev–Trinajstić information content (AvgIpc) is 3.33. The van der Waals surface area contributed by atoms with Crippen LogP contribution < -0.4 is 5.73 Å². The summed E-state index contributed by atoms with van der Waals surface area (Å²) in [5.41, 5.74) is 8.39. The van der Waals surface area contributed by atoms with Gasteiger partial charge in [-0.1, -0.05) is 32.1 Å². The second kappa shape index (κ2) is 7.56. The van der Waals surface area contributed by atoms with E-state index in [1.54, 1.807) is 24.3 Å². The summed E-state index contributed by atoms with van der Waals surface area (Å²) in [6.45, 7) is 3.95. The molecule has 2 heterocycles. The van der Waals surface area contributed by atoms with Crippen LogP contribution >= 0.6 is 0 Å². The van der Waals surface area contributed by atoms with Crippen LogP contribution in [0.25, 0.3) is 34.4 Å². The molecule has 4 aromatic rings. The largest absolute Gasteiger partial charge is 0.324 e. The van der Waals surface area contributed by atoms with E-state index in [1.807, 2.05) is 19.9 Å². The number of H-pyrrole nitrogens is 2. The van der Waals surface area contributed by atoms with Gasteiger partial charge < -0.3 is 10.7 Å². The number of aromatic amines is 2. The van der Waals surface area contributed by atoms with Crippen molar-refractivity contribution in [3.8, 4) is 11.4 Å². The van der Waals surface area contributed by atoms with Gasteiger partial charge >= 0.3 is 0 Å². The van der Waals surface area contributed by atoms with Crippen molar-refractivity contribution in [2.45, 2.75) is 19.9 Å². The predicted octanol–water partition coefficient (Wildman–Crippen LogP) is 4.45. The van der Waals surface area contributed by atoms with Crippen LogP contribution in [0.1, 0.15) is 37.0 Å². The molecule has 0 aliphatic heterocycles. The molecule has 0 saturated carbocycles. The number of halogens is 2. The minimum absolute atomic E-state index is 0.167. The third kappa shape index (κ3) is 3.79. The molecular weight excluding hydrogens is 374 g/mol. The van der Waals surface area contributed by atoms with Crippen LogP contribution in [0, 0.1) is 17.6 Å². The van der Waals surface area contributed by atoms with Crippen LogP contribution in [0.4, 0.5) is 8.78 Å². The molecule has 2 aromatic carbocycles. The van der Waals surface area contributed by atoms with Gasteiger partial charge in [0.2, 0.25) is 0 Å². The number of benzene rings is 2. The highest BCUT2D eigenvalue weighted by atomic mass is 19.1. The number of fused-ring (bicyclic) bond motifs is 1. The van der Waals surface area contributed by atoms with Crippen molar-refractivity contribution in [3.63, 3.8) is 0 Å². The average molecular weight is 394 g/mol. The highest BCUT2D eigenvalue weighted by molar-refractivity contribution is 5.92. The van der Waals surface area contributed by atoms with Crippen molar-refractivity contribution in [1.82, 2.24) is 25.4 Å². The summed E-state index contributed by atoms with van der Waals surface area (Å²) in [6.07, 6.45) is 3.60. The molecule has 0 amide bonds. The van der Waals surface area contributed by atoms with Gasteiger partial charge in [-0.25, -0.2) is 8.78 Å². The van der Waals surface area contributed by atoms with Crippen molar-refractivity contribution < 1.29 is 8.78 Å². The number of nitrogens with zero attached hydrogens (tertiary/aromatic N) is 3. The van der Waals surface area contributed by atoms with E-state index in [1.165, 1.54) is 18.2 Å². The summed E-state index contributed by atoms with van der Waals surface area (Å²) in [5, 5.41) is 15.9. The fraction of sp³-hybridized carbons (Fsp3) is 0.190. The monoisotopic (exact) mass is 394 g/mol. The lowest BCUT2D eigenvalue weighted by atomic mass is 10.1. The van der Waals surface area contributed by atoms with Crippen molar-refractivity contribution in [2.75, 3.05) is 0 Å². The maximum Gasteiger partial charge on any atom is 0.164 e. The summed E-state index contributed by atoms with van der Waals surface area (Å²) in [4.78, 5) is 3.02. The Balaban J connectivity index is 1.70. The number of nitrogens with two attached hydrogens (primary N) is 1. The van der Waals surface area contributed by atoms with Gasteiger partial charge in [-0.05, 0) is 35.8 Å². The molecule has 0 fully saturated rings. The highest BCUT2D eigenvalue weighted by Crippen LogP contribution is 2.28. The second-order valence-electron chi connectivity index (χ2n) is 7.20. The van der Waals surface area contributed by atoms with E-state index in [2.05, 4.69) is 25.4 Å². The first-order valence-electron chi connectivity index (χ1n) is 9.22. The Labute approximate surface area is 165 Å². The standard InChI is InChI=1S/C21H20F2N6/c1-11(2)19(24)21-25-20(28-29-21)14-9-15-17(26-27-18(15)10-16(14)23)8-5-12-3-6-13(22)7-4-12/h3-11,19H,24H2,1-2H3,(H,26,27)(H,25,28,29)/t19-/m0/s1. The van der Waals surface area contributed by atoms with Gasteiger partial charge in [0, 0.05) is 11.5 Å². The maximum atomic E-state index is 14.7. The zero-order valence-electron chi connectivity index (χ0n) is 15.9. The highest BCUT2D eigenvalue weighted by Gasteiger charge is 2.18. The first kappa shape index (κ1) is 18.9. The van der Waals surface area contributed by atoms with E-state index < -0.39 is 5.82 Å².